The second kappa shape index (κ2) is 6.02. The number of nitrogens with zero attached hydrogens (tertiary/aromatic N) is 2. The summed E-state index contributed by atoms with van der Waals surface area (Å²) in [6.45, 7) is 0. The summed E-state index contributed by atoms with van der Waals surface area (Å²) < 4.78 is 0. The molecule has 0 aliphatic rings. The first-order valence-corrected chi connectivity index (χ1v) is 8.60. The van der Waals surface area contributed by atoms with Gasteiger partial charge in [-0.2, -0.15) is 5.10 Å². The molecule has 0 aliphatic heterocycles. The highest BCUT2D eigenvalue weighted by molar-refractivity contribution is 7.18. The minimum Gasteiger partial charge on any atom is -0.267 e. The number of aromatic amines is 1. The Kier molecular flexibility index (Phi) is 3.84. The Morgan fingerprint density at radius 1 is 0.958 bits per heavy atom. The standard InChI is InChI=1S/C17H9Cl2N3OS/c18-11-7-9-10(8-12(11)19)17(23)22-21-16(9)15-5-4-14(24-15)13-3-1-2-6-20-13/h1-8H,(H,22,23). The second-order valence-corrected chi connectivity index (χ2v) is 6.99. The molecule has 7 heteroatoms. The third kappa shape index (κ3) is 2.60. The van der Waals surface area contributed by atoms with Gasteiger partial charge in [0.1, 0.15) is 5.69 Å². The van der Waals surface area contributed by atoms with Crippen molar-refractivity contribution in [3.05, 3.63) is 69.1 Å². The van der Waals surface area contributed by atoms with Crippen molar-refractivity contribution in [2.75, 3.05) is 0 Å². The molecule has 0 bridgehead atoms. The first kappa shape index (κ1) is 15.3. The summed E-state index contributed by atoms with van der Waals surface area (Å²) in [6, 6.07) is 13.0. The van der Waals surface area contributed by atoms with Gasteiger partial charge in [-0.3, -0.25) is 9.78 Å². The first-order chi connectivity index (χ1) is 11.6. The summed E-state index contributed by atoms with van der Waals surface area (Å²) in [5.74, 6) is 0. The molecule has 0 saturated carbocycles. The van der Waals surface area contributed by atoms with Crippen LogP contribution in [0.1, 0.15) is 0 Å². The predicted octanol–water partition coefficient (Wildman–Crippen LogP) is 5.02. The van der Waals surface area contributed by atoms with Gasteiger partial charge >= 0.3 is 0 Å². The van der Waals surface area contributed by atoms with Crippen LogP contribution in [-0.2, 0) is 0 Å². The molecule has 0 aliphatic carbocycles. The Balaban J connectivity index is 1.92. The van der Waals surface area contributed by atoms with Gasteiger partial charge in [-0.25, -0.2) is 5.10 Å². The van der Waals surface area contributed by atoms with Gasteiger partial charge in [0, 0.05) is 11.6 Å². The van der Waals surface area contributed by atoms with Gasteiger partial charge in [0.15, 0.2) is 0 Å². The van der Waals surface area contributed by atoms with Crippen molar-refractivity contribution in [3.8, 4) is 21.1 Å². The van der Waals surface area contributed by atoms with E-state index in [1.54, 1.807) is 29.7 Å². The second-order valence-electron chi connectivity index (χ2n) is 5.09. The molecule has 0 radical (unpaired) electrons. The predicted molar refractivity (Wildman–Crippen MR) is 98.9 cm³/mol. The van der Waals surface area contributed by atoms with E-state index in [0.717, 1.165) is 15.4 Å². The van der Waals surface area contributed by atoms with Gasteiger partial charge < -0.3 is 0 Å². The fourth-order valence-electron chi connectivity index (χ4n) is 2.46. The Hall–Kier alpha value is -2.21. The molecule has 1 aromatic carbocycles. The van der Waals surface area contributed by atoms with Crippen molar-refractivity contribution in [2.45, 2.75) is 0 Å². The highest BCUT2D eigenvalue weighted by atomic mass is 35.5. The van der Waals surface area contributed by atoms with Gasteiger partial charge in [-0.1, -0.05) is 29.3 Å². The van der Waals surface area contributed by atoms with Crippen molar-refractivity contribution in [2.24, 2.45) is 0 Å². The molecule has 3 aromatic heterocycles. The van der Waals surface area contributed by atoms with Gasteiger partial charge in [-0.05, 0) is 36.4 Å². The lowest BCUT2D eigenvalue weighted by molar-refractivity contribution is 1.02. The van der Waals surface area contributed by atoms with Crippen molar-refractivity contribution in [1.82, 2.24) is 15.2 Å². The molecule has 4 nitrogen and oxygen atoms in total. The van der Waals surface area contributed by atoms with Crippen molar-refractivity contribution in [1.29, 1.82) is 0 Å². The van der Waals surface area contributed by atoms with Crippen molar-refractivity contribution in [3.63, 3.8) is 0 Å². The fraction of sp³-hybridized carbons (Fsp3) is 0. The quantitative estimate of drug-likeness (QED) is 0.536. The highest BCUT2D eigenvalue weighted by Crippen LogP contribution is 2.36. The lowest BCUT2D eigenvalue weighted by atomic mass is 10.1. The van der Waals surface area contributed by atoms with Gasteiger partial charge in [0.2, 0.25) is 0 Å². The van der Waals surface area contributed by atoms with Crippen LogP contribution in [-0.4, -0.2) is 15.2 Å². The first-order valence-electron chi connectivity index (χ1n) is 7.02. The van der Waals surface area contributed by atoms with E-state index in [-0.39, 0.29) is 5.56 Å². The van der Waals surface area contributed by atoms with Crippen LogP contribution in [0.5, 0.6) is 0 Å². The largest absolute Gasteiger partial charge is 0.272 e. The molecule has 0 fully saturated rings. The molecule has 0 saturated heterocycles. The van der Waals surface area contributed by atoms with Gasteiger partial charge in [-0.15, -0.1) is 11.3 Å². The third-order valence-electron chi connectivity index (χ3n) is 3.59. The number of thiophene rings is 1. The zero-order valence-corrected chi connectivity index (χ0v) is 14.4. The van der Waals surface area contributed by atoms with Crippen molar-refractivity contribution >= 4 is 45.3 Å². The minimum atomic E-state index is -0.297. The van der Waals surface area contributed by atoms with E-state index in [4.69, 9.17) is 23.2 Å². The van der Waals surface area contributed by atoms with Crippen molar-refractivity contribution < 1.29 is 0 Å². The minimum absolute atomic E-state index is 0.297. The number of hydrogen-bond donors (Lipinski definition) is 1. The zero-order chi connectivity index (χ0) is 16.7. The van der Waals surface area contributed by atoms with Gasteiger partial charge in [0.05, 0.1) is 30.9 Å². The molecule has 0 unspecified atom stereocenters. The van der Waals surface area contributed by atoms with Crippen LogP contribution in [0, 0.1) is 0 Å². The number of nitrogens with one attached hydrogen (secondary N) is 1. The molecule has 0 amide bonds. The molecule has 4 rings (SSSR count). The molecule has 4 aromatic rings. The molecule has 1 N–H and O–H groups in total. The summed E-state index contributed by atoms with van der Waals surface area (Å²) in [5.41, 5.74) is 1.26. The topological polar surface area (TPSA) is 58.6 Å². The number of fused-ring (bicyclic) bond motifs is 1. The monoisotopic (exact) mass is 373 g/mol. The summed E-state index contributed by atoms with van der Waals surface area (Å²) in [5, 5.41) is 8.58. The van der Waals surface area contributed by atoms with E-state index >= 15 is 0 Å². The number of rotatable bonds is 2. The molecular weight excluding hydrogens is 365 g/mol. The molecule has 118 valence electrons. The maximum atomic E-state index is 12.0. The summed E-state index contributed by atoms with van der Waals surface area (Å²) in [6.07, 6.45) is 1.75. The van der Waals surface area contributed by atoms with Crippen LogP contribution in [0.15, 0.2) is 53.5 Å². The van der Waals surface area contributed by atoms with E-state index in [2.05, 4.69) is 15.2 Å². The van der Waals surface area contributed by atoms with Crippen LogP contribution in [0.2, 0.25) is 10.0 Å². The lowest BCUT2D eigenvalue weighted by Gasteiger charge is -2.04. The van der Waals surface area contributed by atoms with E-state index in [1.165, 1.54) is 0 Å². The van der Waals surface area contributed by atoms with Gasteiger partial charge in [0.25, 0.3) is 5.56 Å². The molecule has 0 spiro atoms. The number of H-pyrrole nitrogens is 1. The summed E-state index contributed by atoms with van der Waals surface area (Å²) >= 11 is 13.7. The van der Waals surface area contributed by atoms with E-state index in [1.807, 2.05) is 30.3 Å². The van der Waals surface area contributed by atoms with Crippen LogP contribution < -0.4 is 5.56 Å². The smallest absolute Gasteiger partial charge is 0.267 e. The number of aromatic nitrogens is 3. The van der Waals surface area contributed by atoms with E-state index < -0.39 is 0 Å². The number of hydrogen-bond acceptors (Lipinski definition) is 4. The molecule has 0 atom stereocenters. The highest BCUT2D eigenvalue weighted by Gasteiger charge is 2.14. The number of benzene rings is 1. The Labute approximate surface area is 150 Å². The zero-order valence-electron chi connectivity index (χ0n) is 12.1. The van der Waals surface area contributed by atoms with Crippen LogP contribution in [0.4, 0.5) is 0 Å². The van der Waals surface area contributed by atoms with Crippen LogP contribution in [0.25, 0.3) is 31.9 Å². The molecule has 24 heavy (non-hydrogen) atoms. The molecule has 3 heterocycles. The maximum Gasteiger partial charge on any atom is 0.272 e. The Morgan fingerprint density at radius 2 is 1.71 bits per heavy atom. The van der Waals surface area contributed by atoms with E-state index in [0.29, 0.717) is 26.5 Å². The van der Waals surface area contributed by atoms with Crippen LogP contribution >= 0.6 is 34.5 Å². The maximum absolute atomic E-state index is 12.0. The average Bonchev–Trinajstić information content (AvgIpc) is 3.08. The Morgan fingerprint density at radius 3 is 2.46 bits per heavy atom. The molecular formula is C17H9Cl2N3OS. The summed E-state index contributed by atoms with van der Waals surface area (Å²) in [7, 11) is 0. The van der Waals surface area contributed by atoms with Crippen LogP contribution in [0.3, 0.4) is 0 Å². The lowest BCUT2D eigenvalue weighted by Crippen LogP contribution is -2.09. The number of halogens is 2. The fourth-order valence-corrected chi connectivity index (χ4v) is 3.77. The average molecular weight is 374 g/mol. The number of pyridine rings is 1. The summed E-state index contributed by atoms with van der Waals surface area (Å²) in [4.78, 5) is 18.3. The SMILES string of the molecule is O=c1[nH]nc(-c2ccc(-c3ccccn3)s2)c2cc(Cl)c(Cl)cc12. The third-order valence-corrected chi connectivity index (χ3v) is 5.42. The van der Waals surface area contributed by atoms with E-state index in [9.17, 15) is 4.79 Å². The normalized spacial score (nSPS) is 11.1. The Bertz CT molecular complexity index is 1110.